The van der Waals surface area contributed by atoms with Crippen molar-refractivity contribution in [3.8, 4) is 0 Å². The second kappa shape index (κ2) is 5.95. The maximum absolute atomic E-state index is 12.5. The highest BCUT2D eigenvalue weighted by Gasteiger charge is 2.17. The summed E-state index contributed by atoms with van der Waals surface area (Å²) in [6.07, 6.45) is 1.64. The van der Waals surface area contributed by atoms with E-state index in [2.05, 4.69) is 15.4 Å². The van der Waals surface area contributed by atoms with Crippen LogP contribution in [0.5, 0.6) is 0 Å². The molecule has 3 aromatic heterocycles. The molecule has 0 saturated heterocycles. The van der Waals surface area contributed by atoms with Crippen molar-refractivity contribution in [2.75, 3.05) is 5.32 Å². The molecule has 1 N–H and O–H groups in total. The molecule has 0 radical (unpaired) electrons. The molecular weight excluding hydrogens is 308 g/mol. The summed E-state index contributed by atoms with van der Waals surface area (Å²) in [4.78, 5) is 29.2. The molecule has 126 valence electrons. The van der Waals surface area contributed by atoms with Crippen molar-refractivity contribution >= 4 is 22.8 Å². The average Bonchev–Trinajstić information content (AvgIpc) is 2.96. The van der Waals surface area contributed by atoms with Gasteiger partial charge in [-0.2, -0.15) is 5.10 Å². The van der Waals surface area contributed by atoms with Crippen molar-refractivity contribution in [3.63, 3.8) is 0 Å². The Morgan fingerprint density at radius 1 is 1.29 bits per heavy atom. The topological polar surface area (TPSA) is 86.7 Å². The first-order chi connectivity index (χ1) is 11.4. The molecule has 0 spiro atoms. The van der Waals surface area contributed by atoms with Gasteiger partial charge in [0.2, 0.25) is 5.91 Å². The van der Waals surface area contributed by atoms with Crippen LogP contribution in [0.3, 0.4) is 0 Å². The number of nitrogens with one attached hydrogen (secondary N) is 1. The summed E-state index contributed by atoms with van der Waals surface area (Å²) < 4.78 is 4.72. The molecule has 0 aromatic carbocycles. The Morgan fingerprint density at radius 3 is 2.67 bits per heavy atom. The van der Waals surface area contributed by atoms with Gasteiger partial charge in [0.1, 0.15) is 6.54 Å². The lowest BCUT2D eigenvalue weighted by atomic mass is 10.3. The van der Waals surface area contributed by atoms with Crippen LogP contribution >= 0.6 is 0 Å². The van der Waals surface area contributed by atoms with Gasteiger partial charge in [0.25, 0.3) is 0 Å². The molecule has 3 aromatic rings. The monoisotopic (exact) mass is 328 g/mol. The van der Waals surface area contributed by atoms with Crippen molar-refractivity contribution < 1.29 is 4.79 Å². The first kappa shape index (κ1) is 16.0. The summed E-state index contributed by atoms with van der Waals surface area (Å²) in [6, 6.07) is 3.55. The Morgan fingerprint density at radius 2 is 2.04 bits per heavy atom. The second-order valence-electron chi connectivity index (χ2n) is 5.68. The number of hydrogen-bond acceptors (Lipinski definition) is 4. The van der Waals surface area contributed by atoms with E-state index in [0.29, 0.717) is 23.4 Å². The molecule has 0 aliphatic rings. The summed E-state index contributed by atoms with van der Waals surface area (Å²) in [5.74, 6) is -0.268. The van der Waals surface area contributed by atoms with Crippen LogP contribution in [0, 0.1) is 13.8 Å². The first-order valence-electron chi connectivity index (χ1n) is 7.78. The molecule has 0 unspecified atom stereocenters. The molecule has 0 bridgehead atoms. The van der Waals surface area contributed by atoms with E-state index in [1.165, 1.54) is 4.57 Å². The van der Waals surface area contributed by atoms with Crippen molar-refractivity contribution in [2.45, 2.75) is 33.9 Å². The Labute approximate surface area is 138 Å². The fourth-order valence-electron chi connectivity index (χ4n) is 2.86. The smallest absolute Gasteiger partial charge is 0.321 e. The summed E-state index contributed by atoms with van der Waals surface area (Å²) in [6.45, 7) is 6.03. The zero-order valence-corrected chi connectivity index (χ0v) is 14.2. The van der Waals surface area contributed by atoms with Crippen molar-refractivity contribution in [1.29, 1.82) is 0 Å². The van der Waals surface area contributed by atoms with Crippen molar-refractivity contribution in [2.24, 2.45) is 7.05 Å². The van der Waals surface area contributed by atoms with Gasteiger partial charge in [-0.3, -0.25) is 18.6 Å². The number of aromatic nitrogens is 5. The largest absolute Gasteiger partial charge is 0.330 e. The van der Waals surface area contributed by atoms with E-state index in [1.807, 2.05) is 27.8 Å². The number of hydrogen-bond donors (Lipinski definition) is 1. The minimum absolute atomic E-state index is 0.0677. The molecule has 3 rings (SSSR count). The van der Waals surface area contributed by atoms with Crippen LogP contribution in [0.15, 0.2) is 23.1 Å². The molecule has 0 saturated carbocycles. The number of anilines is 1. The number of aryl methyl sites for hydroxylation is 3. The number of pyridine rings is 1. The Hall–Kier alpha value is -2.90. The van der Waals surface area contributed by atoms with Gasteiger partial charge in [-0.25, -0.2) is 9.78 Å². The predicted molar refractivity (Wildman–Crippen MR) is 91.0 cm³/mol. The molecule has 24 heavy (non-hydrogen) atoms. The second-order valence-corrected chi connectivity index (χ2v) is 5.68. The standard InChI is InChI=1S/C16H20N6O2/c1-5-21-15-12(7-6-8-17-15)22(16(21)24)9-13(23)18-14-10(2)19-20(4)11(14)3/h6-8H,5,9H2,1-4H3,(H,18,23). The van der Waals surface area contributed by atoms with Gasteiger partial charge in [-0.05, 0) is 32.9 Å². The van der Waals surface area contributed by atoms with Gasteiger partial charge in [0.05, 0.1) is 22.6 Å². The van der Waals surface area contributed by atoms with Gasteiger partial charge >= 0.3 is 5.69 Å². The highest BCUT2D eigenvalue weighted by Crippen LogP contribution is 2.18. The predicted octanol–water partition coefficient (Wildman–Crippen LogP) is 1.21. The van der Waals surface area contributed by atoms with Crippen LogP contribution in [0.4, 0.5) is 5.69 Å². The fraction of sp³-hybridized carbons (Fsp3) is 0.375. The number of carbonyl (C=O) groups excluding carboxylic acids is 1. The number of nitrogens with zero attached hydrogens (tertiary/aromatic N) is 5. The number of amides is 1. The van der Waals surface area contributed by atoms with Crippen LogP contribution in [0.2, 0.25) is 0 Å². The van der Waals surface area contributed by atoms with Crippen molar-refractivity contribution in [1.82, 2.24) is 23.9 Å². The lowest BCUT2D eigenvalue weighted by Crippen LogP contribution is -2.29. The van der Waals surface area contributed by atoms with Gasteiger partial charge < -0.3 is 5.32 Å². The Kier molecular flexibility index (Phi) is 3.96. The van der Waals surface area contributed by atoms with E-state index in [-0.39, 0.29) is 18.1 Å². The van der Waals surface area contributed by atoms with Crippen molar-refractivity contribution in [3.05, 3.63) is 40.2 Å². The lowest BCUT2D eigenvalue weighted by Gasteiger charge is -2.06. The van der Waals surface area contributed by atoms with E-state index in [1.54, 1.807) is 27.6 Å². The molecular formula is C16H20N6O2. The molecule has 0 aliphatic heterocycles. The minimum atomic E-state index is -0.268. The minimum Gasteiger partial charge on any atom is -0.321 e. The average molecular weight is 328 g/mol. The zero-order valence-electron chi connectivity index (χ0n) is 14.2. The van der Waals surface area contributed by atoms with E-state index in [0.717, 1.165) is 11.4 Å². The maximum Gasteiger partial charge on any atom is 0.330 e. The zero-order chi connectivity index (χ0) is 17.4. The molecule has 0 fully saturated rings. The van der Waals surface area contributed by atoms with Gasteiger partial charge in [0.15, 0.2) is 5.65 Å². The third-order valence-corrected chi connectivity index (χ3v) is 4.17. The number of imidazole rings is 1. The molecule has 3 heterocycles. The highest BCUT2D eigenvalue weighted by atomic mass is 16.2. The summed E-state index contributed by atoms with van der Waals surface area (Å²) in [5.41, 5.74) is 3.30. The number of fused-ring (bicyclic) bond motifs is 1. The Balaban J connectivity index is 1.94. The van der Waals surface area contributed by atoms with E-state index in [9.17, 15) is 9.59 Å². The lowest BCUT2D eigenvalue weighted by molar-refractivity contribution is -0.116. The fourth-order valence-corrected chi connectivity index (χ4v) is 2.86. The first-order valence-corrected chi connectivity index (χ1v) is 7.78. The number of rotatable bonds is 4. The van der Waals surface area contributed by atoms with E-state index in [4.69, 9.17) is 0 Å². The van der Waals surface area contributed by atoms with E-state index < -0.39 is 0 Å². The highest BCUT2D eigenvalue weighted by molar-refractivity contribution is 5.92. The third kappa shape index (κ3) is 2.49. The van der Waals surface area contributed by atoms with Gasteiger partial charge in [-0.1, -0.05) is 0 Å². The van der Waals surface area contributed by atoms with Gasteiger partial charge in [0, 0.05) is 19.8 Å². The third-order valence-electron chi connectivity index (χ3n) is 4.17. The quantitative estimate of drug-likeness (QED) is 0.780. The molecule has 0 aliphatic carbocycles. The molecule has 1 amide bonds. The van der Waals surface area contributed by atoms with Gasteiger partial charge in [-0.15, -0.1) is 0 Å². The van der Waals surface area contributed by atoms with Crippen LogP contribution in [0.25, 0.3) is 11.2 Å². The molecule has 8 nitrogen and oxygen atoms in total. The SMILES string of the molecule is CCn1c(=O)n(CC(=O)Nc2c(C)nn(C)c2C)c2cccnc21. The summed E-state index contributed by atoms with van der Waals surface area (Å²) in [5, 5.41) is 7.13. The van der Waals surface area contributed by atoms with E-state index >= 15 is 0 Å². The molecule has 0 atom stereocenters. The van der Waals surface area contributed by atoms with Crippen LogP contribution in [-0.4, -0.2) is 29.8 Å². The van der Waals surface area contributed by atoms with Crippen LogP contribution in [0.1, 0.15) is 18.3 Å². The molecule has 8 heteroatoms. The Bertz CT molecular complexity index is 979. The van der Waals surface area contributed by atoms with Crippen LogP contribution in [-0.2, 0) is 24.9 Å². The normalized spacial score (nSPS) is 11.2. The summed E-state index contributed by atoms with van der Waals surface area (Å²) in [7, 11) is 1.82. The number of carbonyl (C=O) groups is 1. The summed E-state index contributed by atoms with van der Waals surface area (Å²) >= 11 is 0. The maximum atomic E-state index is 12.5. The van der Waals surface area contributed by atoms with Crippen LogP contribution < -0.4 is 11.0 Å².